The van der Waals surface area contributed by atoms with E-state index in [9.17, 15) is 22.4 Å². The highest BCUT2D eigenvalue weighted by molar-refractivity contribution is 5.88. The molecule has 0 saturated carbocycles. The number of carbonyl (C=O) groups excluding carboxylic acids is 1. The Morgan fingerprint density at radius 3 is 2.43 bits per heavy atom. The minimum atomic E-state index is -4.77. The lowest BCUT2D eigenvalue weighted by Gasteiger charge is -2.24. The van der Waals surface area contributed by atoms with Gasteiger partial charge >= 0.3 is 6.18 Å². The first-order valence-electron chi connectivity index (χ1n) is 9.81. The van der Waals surface area contributed by atoms with Gasteiger partial charge in [-0.15, -0.1) is 0 Å². The van der Waals surface area contributed by atoms with E-state index < -0.39 is 29.2 Å². The van der Waals surface area contributed by atoms with Crippen LogP contribution in [-0.2, 0) is 4.79 Å². The average molecular weight is 422 g/mol. The highest BCUT2D eigenvalue weighted by Gasteiger charge is 2.50. The van der Waals surface area contributed by atoms with Gasteiger partial charge in [0, 0.05) is 25.2 Å². The van der Waals surface area contributed by atoms with Crippen molar-refractivity contribution in [3.8, 4) is 5.75 Å². The lowest BCUT2D eigenvalue weighted by atomic mass is 9.96. The van der Waals surface area contributed by atoms with Crippen molar-refractivity contribution in [2.45, 2.75) is 43.1 Å². The molecule has 1 amide bonds. The zero-order valence-electron chi connectivity index (χ0n) is 16.4. The average Bonchev–Trinajstić information content (AvgIpc) is 3.26. The predicted molar refractivity (Wildman–Crippen MR) is 102 cm³/mol. The highest BCUT2D eigenvalue weighted by atomic mass is 19.4. The summed E-state index contributed by atoms with van der Waals surface area (Å²) in [7, 11) is 1.78. The van der Waals surface area contributed by atoms with Gasteiger partial charge in [-0.1, -0.05) is 30.3 Å². The van der Waals surface area contributed by atoms with E-state index in [4.69, 9.17) is 4.74 Å². The molecule has 2 aromatic rings. The molecule has 0 aromatic heterocycles. The normalized spacial score (nSPS) is 25.2. The number of nitrogens with one attached hydrogen (secondary N) is 1. The molecule has 8 heteroatoms. The van der Waals surface area contributed by atoms with E-state index in [1.165, 1.54) is 24.3 Å². The van der Waals surface area contributed by atoms with E-state index in [0.717, 1.165) is 37.0 Å². The number of amides is 1. The lowest BCUT2D eigenvalue weighted by molar-refractivity contribution is -0.198. The minimum absolute atomic E-state index is 0.00582. The Balaban J connectivity index is 1.50. The fourth-order valence-corrected chi connectivity index (χ4v) is 4.33. The molecule has 4 rings (SSSR count). The van der Waals surface area contributed by atoms with Crippen molar-refractivity contribution in [1.82, 2.24) is 10.2 Å². The van der Waals surface area contributed by atoms with Crippen LogP contribution in [0.15, 0.2) is 48.5 Å². The molecular weight excluding hydrogens is 400 g/mol. The number of alkyl halides is 3. The van der Waals surface area contributed by atoms with Crippen molar-refractivity contribution in [1.29, 1.82) is 0 Å². The summed E-state index contributed by atoms with van der Waals surface area (Å²) < 4.78 is 59.6. The molecule has 2 aliphatic heterocycles. The van der Waals surface area contributed by atoms with Crippen molar-refractivity contribution in [3.05, 3.63) is 65.5 Å². The second kappa shape index (κ2) is 7.58. The minimum Gasteiger partial charge on any atom is -0.476 e. The molecule has 2 saturated heterocycles. The zero-order valence-corrected chi connectivity index (χ0v) is 16.4. The molecule has 30 heavy (non-hydrogen) atoms. The number of ether oxygens (including phenoxy) is 1. The number of hydrogen-bond acceptors (Lipinski definition) is 3. The van der Waals surface area contributed by atoms with Gasteiger partial charge in [-0.2, -0.15) is 13.2 Å². The Morgan fingerprint density at radius 1 is 1.13 bits per heavy atom. The topological polar surface area (TPSA) is 41.6 Å². The summed E-state index contributed by atoms with van der Waals surface area (Å²) in [5.74, 6) is -0.889. The molecule has 2 fully saturated rings. The second-order valence-electron chi connectivity index (χ2n) is 7.92. The van der Waals surface area contributed by atoms with Gasteiger partial charge in [-0.3, -0.25) is 10.1 Å². The van der Waals surface area contributed by atoms with E-state index in [1.54, 1.807) is 24.1 Å². The van der Waals surface area contributed by atoms with Gasteiger partial charge in [-0.25, -0.2) is 4.39 Å². The number of hydrogen-bond donors (Lipinski definition) is 1. The van der Waals surface area contributed by atoms with E-state index in [1.807, 2.05) is 0 Å². The lowest BCUT2D eigenvalue weighted by Crippen LogP contribution is -2.47. The zero-order chi connectivity index (χ0) is 21.5. The Hall–Kier alpha value is -2.61. The van der Waals surface area contributed by atoms with Gasteiger partial charge in [0.2, 0.25) is 12.0 Å². The van der Waals surface area contributed by atoms with Gasteiger partial charge in [0.1, 0.15) is 17.1 Å². The van der Waals surface area contributed by atoms with Crippen LogP contribution in [0.25, 0.3) is 0 Å². The summed E-state index contributed by atoms with van der Waals surface area (Å²) in [6, 6.07) is 10.9. The number of halogens is 4. The maximum absolute atomic E-state index is 13.9. The van der Waals surface area contributed by atoms with E-state index >= 15 is 0 Å². The molecule has 1 spiro atoms. The Bertz CT molecular complexity index is 931. The summed E-state index contributed by atoms with van der Waals surface area (Å²) in [5, 5.41) is 3.42. The molecule has 1 N–H and O–H groups in total. The molecular formula is C22H22F4N2O2. The molecule has 2 aliphatic rings. The fraction of sp³-hybridized carbons (Fsp3) is 0.409. The fourth-order valence-electron chi connectivity index (χ4n) is 4.33. The van der Waals surface area contributed by atoms with Crippen molar-refractivity contribution in [3.63, 3.8) is 0 Å². The number of rotatable bonds is 4. The van der Waals surface area contributed by atoms with Crippen molar-refractivity contribution >= 4 is 5.91 Å². The molecule has 2 heterocycles. The van der Waals surface area contributed by atoms with Crippen LogP contribution in [0, 0.1) is 5.82 Å². The third-order valence-corrected chi connectivity index (χ3v) is 5.96. The van der Waals surface area contributed by atoms with Crippen LogP contribution in [0.2, 0.25) is 0 Å². The standard InChI is InChI=1S/C22H22F4N2O2/c1-28-13-12-21(20(28)29)11-10-18(27-21)14-6-8-15(9-7-14)30-19(22(24,25)26)16-4-2-3-5-17(16)23/h2-9,18-19,27H,10-13H2,1H3/t18-,19?,21-/m1/s1. The number of nitrogens with zero attached hydrogens (tertiary/aromatic N) is 1. The molecule has 4 nitrogen and oxygen atoms in total. The van der Waals surface area contributed by atoms with Crippen LogP contribution in [0.3, 0.4) is 0 Å². The Kier molecular flexibility index (Phi) is 5.22. The molecule has 0 radical (unpaired) electrons. The number of benzene rings is 2. The van der Waals surface area contributed by atoms with E-state index in [0.29, 0.717) is 6.54 Å². The van der Waals surface area contributed by atoms with Crippen LogP contribution in [-0.4, -0.2) is 36.1 Å². The second-order valence-corrected chi connectivity index (χ2v) is 7.92. The summed E-state index contributed by atoms with van der Waals surface area (Å²) in [6.45, 7) is 0.709. The number of likely N-dealkylation sites (tertiary alicyclic amines) is 1. The van der Waals surface area contributed by atoms with Crippen molar-refractivity contribution < 1.29 is 27.1 Å². The molecule has 0 aliphatic carbocycles. The quantitative estimate of drug-likeness (QED) is 0.736. The van der Waals surface area contributed by atoms with Gasteiger partial charge in [0.05, 0.1) is 0 Å². The van der Waals surface area contributed by atoms with Gasteiger partial charge in [0.25, 0.3) is 0 Å². The number of likely N-dealkylation sites (N-methyl/N-ethyl adjacent to an activating group) is 1. The predicted octanol–water partition coefficient (Wildman–Crippen LogP) is 4.53. The highest BCUT2D eigenvalue weighted by Crippen LogP contribution is 2.41. The van der Waals surface area contributed by atoms with E-state index in [-0.39, 0.29) is 17.7 Å². The van der Waals surface area contributed by atoms with Crippen LogP contribution in [0.5, 0.6) is 5.75 Å². The maximum atomic E-state index is 13.9. The third kappa shape index (κ3) is 3.76. The van der Waals surface area contributed by atoms with Crippen LogP contribution >= 0.6 is 0 Å². The monoisotopic (exact) mass is 422 g/mol. The van der Waals surface area contributed by atoms with Crippen molar-refractivity contribution in [2.75, 3.05) is 13.6 Å². The maximum Gasteiger partial charge on any atom is 0.429 e. The molecule has 2 aromatic carbocycles. The first-order valence-corrected chi connectivity index (χ1v) is 9.81. The Labute approximate surface area is 171 Å². The molecule has 0 bridgehead atoms. The summed E-state index contributed by atoms with van der Waals surface area (Å²) in [4.78, 5) is 14.2. The SMILES string of the molecule is CN1CC[C@]2(CC[C@H](c3ccc(OC(c4ccccc4F)C(F)(F)F)cc3)N2)C1=O. The van der Waals surface area contributed by atoms with Crippen LogP contribution in [0.4, 0.5) is 17.6 Å². The smallest absolute Gasteiger partial charge is 0.429 e. The van der Waals surface area contributed by atoms with Crippen LogP contribution in [0.1, 0.15) is 42.5 Å². The van der Waals surface area contributed by atoms with E-state index in [2.05, 4.69) is 5.32 Å². The summed E-state index contributed by atoms with van der Waals surface area (Å²) in [6.07, 6.45) is -4.93. The number of carbonyl (C=O) groups is 1. The largest absolute Gasteiger partial charge is 0.476 e. The first kappa shape index (κ1) is 20.7. The van der Waals surface area contributed by atoms with Gasteiger partial charge in [0.15, 0.2) is 0 Å². The molecule has 160 valence electrons. The summed E-state index contributed by atoms with van der Waals surface area (Å²) >= 11 is 0. The van der Waals surface area contributed by atoms with Gasteiger partial charge in [-0.05, 0) is 43.0 Å². The Morgan fingerprint density at radius 2 is 1.83 bits per heavy atom. The van der Waals surface area contributed by atoms with Crippen LogP contribution < -0.4 is 10.1 Å². The van der Waals surface area contributed by atoms with Gasteiger partial charge < -0.3 is 9.64 Å². The summed E-state index contributed by atoms with van der Waals surface area (Å²) in [5.41, 5.74) is -0.228. The first-order chi connectivity index (χ1) is 14.2. The molecule has 3 atom stereocenters. The molecule has 1 unspecified atom stereocenters. The van der Waals surface area contributed by atoms with Crippen molar-refractivity contribution in [2.24, 2.45) is 0 Å². The third-order valence-electron chi connectivity index (χ3n) is 5.96.